The quantitative estimate of drug-likeness (QED) is 0.817. The molecule has 1 aromatic carbocycles. The van der Waals surface area contributed by atoms with E-state index in [1.54, 1.807) is 0 Å². The van der Waals surface area contributed by atoms with Gasteiger partial charge in [0.1, 0.15) is 5.78 Å². The monoisotopic (exact) mass is 273 g/mol. The Kier molecular flexibility index (Phi) is 5.78. The van der Waals surface area contributed by atoms with Gasteiger partial charge in [0.2, 0.25) is 0 Å². The second-order valence-corrected chi connectivity index (χ2v) is 5.99. The standard InChI is InChI=1S/C18H27NO/c1-3-5-8-14(4-2)11-18(20)17-12-15-9-6-7-10-16(15)13-19-17/h6-7,9-10,14,17,19H,3-5,8,11-13H2,1-2H3. The number of unbranched alkanes of at least 4 members (excludes halogenated alkanes) is 1. The maximum atomic E-state index is 12.5. The van der Waals surface area contributed by atoms with E-state index in [-0.39, 0.29) is 6.04 Å². The Balaban J connectivity index is 1.90. The van der Waals surface area contributed by atoms with E-state index in [9.17, 15) is 4.79 Å². The van der Waals surface area contributed by atoms with Crippen LogP contribution in [0.25, 0.3) is 0 Å². The molecule has 0 fully saturated rings. The first-order chi connectivity index (χ1) is 9.74. The molecule has 0 saturated carbocycles. The molecule has 0 radical (unpaired) electrons. The van der Waals surface area contributed by atoms with Crippen LogP contribution in [-0.4, -0.2) is 11.8 Å². The number of rotatable bonds is 7. The van der Waals surface area contributed by atoms with Crippen LogP contribution in [0, 0.1) is 5.92 Å². The highest BCUT2D eigenvalue weighted by atomic mass is 16.1. The average Bonchev–Trinajstić information content (AvgIpc) is 2.50. The van der Waals surface area contributed by atoms with Gasteiger partial charge in [-0.15, -0.1) is 0 Å². The summed E-state index contributed by atoms with van der Waals surface area (Å²) in [5, 5.41) is 3.41. The van der Waals surface area contributed by atoms with Crippen molar-refractivity contribution < 1.29 is 4.79 Å². The normalized spacial score (nSPS) is 19.4. The number of nitrogens with one attached hydrogen (secondary N) is 1. The number of hydrogen-bond acceptors (Lipinski definition) is 2. The molecule has 2 heteroatoms. The molecule has 0 saturated heterocycles. The zero-order chi connectivity index (χ0) is 14.4. The number of fused-ring (bicyclic) bond motifs is 1. The van der Waals surface area contributed by atoms with Crippen LogP contribution in [0.2, 0.25) is 0 Å². The molecule has 0 amide bonds. The summed E-state index contributed by atoms with van der Waals surface area (Å²) in [5.41, 5.74) is 2.68. The summed E-state index contributed by atoms with van der Waals surface area (Å²) in [4.78, 5) is 12.5. The summed E-state index contributed by atoms with van der Waals surface area (Å²) < 4.78 is 0. The average molecular weight is 273 g/mol. The molecular formula is C18H27NO. The third kappa shape index (κ3) is 3.92. The van der Waals surface area contributed by atoms with Gasteiger partial charge >= 0.3 is 0 Å². The first-order valence-electron chi connectivity index (χ1n) is 8.07. The molecule has 20 heavy (non-hydrogen) atoms. The maximum Gasteiger partial charge on any atom is 0.150 e. The summed E-state index contributed by atoms with van der Waals surface area (Å²) in [5.74, 6) is 0.976. The van der Waals surface area contributed by atoms with Crippen molar-refractivity contribution in [1.29, 1.82) is 0 Å². The zero-order valence-corrected chi connectivity index (χ0v) is 12.8. The van der Waals surface area contributed by atoms with Crippen molar-refractivity contribution in [3.8, 4) is 0 Å². The van der Waals surface area contributed by atoms with E-state index in [2.05, 4.69) is 43.4 Å². The van der Waals surface area contributed by atoms with E-state index >= 15 is 0 Å². The second kappa shape index (κ2) is 7.58. The minimum Gasteiger partial charge on any atom is -0.303 e. The van der Waals surface area contributed by atoms with Gasteiger partial charge in [-0.05, 0) is 23.5 Å². The summed E-state index contributed by atoms with van der Waals surface area (Å²) in [7, 11) is 0. The van der Waals surface area contributed by atoms with Gasteiger partial charge in [-0.1, -0.05) is 63.8 Å². The SMILES string of the molecule is CCCCC(CC)CC(=O)C1Cc2ccccc2CN1. The molecule has 0 spiro atoms. The van der Waals surface area contributed by atoms with E-state index in [0.29, 0.717) is 11.7 Å². The van der Waals surface area contributed by atoms with Crippen molar-refractivity contribution in [2.75, 3.05) is 0 Å². The van der Waals surface area contributed by atoms with Crippen molar-refractivity contribution in [2.24, 2.45) is 5.92 Å². The van der Waals surface area contributed by atoms with Gasteiger partial charge in [0.15, 0.2) is 0 Å². The van der Waals surface area contributed by atoms with E-state index < -0.39 is 0 Å². The predicted molar refractivity (Wildman–Crippen MR) is 83.7 cm³/mol. The van der Waals surface area contributed by atoms with E-state index in [4.69, 9.17) is 0 Å². The third-order valence-corrected chi connectivity index (χ3v) is 4.50. The lowest BCUT2D eigenvalue weighted by Gasteiger charge is -2.26. The Morgan fingerprint density at radius 1 is 1.30 bits per heavy atom. The first-order valence-corrected chi connectivity index (χ1v) is 8.07. The van der Waals surface area contributed by atoms with Gasteiger partial charge in [-0.2, -0.15) is 0 Å². The number of carbonyl (C=O) groups excluding carboxylic acids is 1. The predicted octanol–water partition coefficient (Wildman–Crippen LogP) is 3.88. The van der Waals surface area contributed by atoms with Gasteiger partial charge < -0.3 is 5.32 Å². The molecule has 1 heterocycles. The van der Waals surface area contributed by atoms with Crippen LogP contribution < -0.4 is 5.32 Å². The molecule has 110 valence electrons. The minimum absolute atomic E-state index is 0.0283. The molecule has 2 unspecified atom stereocenters. The Hall–Kier alpha value is -1.15. The minimum atomic E-state index is 0.0283. The Bertz CT molecular complexity index is 441. The number of hydrogen-bond donors (Lipinski definition) is 1. The highest BCUT2D eigenvalue weighted by molar-refractivity contribution is 5.84. The topological polar surface area (TPSA) is 29.1 Å². The molecule has 1 aliphatic heterocycles. The van der Waals surface area contributed by atoms with E-state index in [1.807, 2.05) is 0 Å². The fraction of sp³-hybridized carbons (Fsp3) is 0.611. The van der Waals surface area contributed by atoms with Crippen molar-refractivity contribution in [3.63, 3.8) is 0 Å². The summed E-state index contributed by atoms with van der Waals surface area (Å²) in [6.07, 6.45) is 6.39. The van der Waals surface area contributed by atoms with Crippen LogP contribution in [0.4, 0.5) is 0 Å². The van der Waals surface area contributed by atoms with Gasteiger partial charge in [-0.25, -0.2) is 0 Å². The van der Waals surface area contributed by atoms with Crippen LogP contribution in [0.15, 0.2) is 24.3 Å². The fourth-order valence-corrected chi connectivity index (χ4v) is 3.05. The largest absolute Gasteiger partial charge is 0.303 e. The molecule has 2 rings (SSSR count). The summed E-state index contributed by atoms with van der Waals surface area (Å²) in [6.45, 7) is 5.25. The first kappa shape index (κ1) is 15.2. The molecule has 0 bridgehead atoms. The Labute approximate surface area is 123 Å². The zero-order valence-electron chi connectivity index (χ0n) is 12.8. The van der Waals surface area contributed by atoms with Crippen LogP contribution in [-0.2, 0) is 17.8 Å². The van der Waals surface area contributed by atoms with Gasteiger partial charge in [0.05, 0.1) is 6.04 Å². The van der Waals surface area contributed by atoms with Crippen molar-refractivity contribution in [2.45, 2.75) is 65.0 Å². The second-order valence-electron chi connectivity index (χ2n) is 5.99. The molecule has 1 aromatic rings. The van der Waals surface area contributed by atoms with Crippen molar-refractivity contribution in [3.05, 3.63) is 35.4 Å². The van der Waals surface area contributed by atoms with Crippen molar-refractivity contribution in [1.82, 2.24) is 5.32 Å². The fourth-order valence-electron chi connectivity index (χ4n) is 3.05. The molecule has 1 aliphatic rings. The molecule has 0 aliphatic carbocycles. The number of benzene rings is 1. The lowest BCUT2D eigenvalue weighted by molar-refractivity contribution is -0.122. The molecule has 2 nitrogen and oxygen atoms in total. The maximum absolute atomic E-state index is 12.5. The van der Waals surface area contributed by atoms with Crippen LogP contribution in [0.1, 0.15) is 57.1 Å². The van der Waals surface area contributed by atoms with Gasteiger partial charge in [-0.3, -0.25) is 4.79 Å². The highest BCUT2D eigenvalue weighted by Crippen LogP contribution is 2.21. The molecule has 0 aromatic heterocycles. The number of carbonyl (C=O) groups is 1. The summed E-state index contributed by atoms with van der Waals surface area (Å²) >= 11 is 0. The van der Waals surface area contributed by atoms with E-state index in [0.717, 1.165) is 25.8 Å². The van der Waals surface area contributed by atoms with Crippen molar-refractivity contribution >= 4 is 5.78 Å². The van der Waals surface area contributed by atoms with Crippen LogP contribution >= 0.6 is 0 Å². The molecule has 2 atom stereocenters. The molecular weight excluding hydrogens is 246 g/mol. The third-order valence-electron chi connectivity index (χ3n) is 4.50. The summed E-state index contributed by atoms with van der Waals surface area (Å²) in [6, 6.07) is 8.48. The smallest absolute Gasteiger partial charge is 0.150 e. The number of ketones is 1. The van der Waals surface area contributed by atoms with Gasteiger partial charge in [0.25, 0.3) is 0 Å². The highest BCUT2D eigenvalue weighted by Gasteiger charge is 2.25. The van der Waals surface area contributed by atoms with E-state index in [1.165, 1.54) is 30.4 Å². The number of Topliss-reactive ketones (excluding diaryl/α,β-unsaturated/α-hetero) is 1. The van der Waals surface area contributed by atoms with Gasteiger partial charge in [0, 0.05) is 13.0 Å². The molecule has 1 N–H and O–H groups in total. The van der Waals surface area contributed by atoms with Crippen LogP contribution in [0.5, 0.6) is 0 Å². The Morgan fingerprint density at radius 2 is 2.05 bits per heavy atom. The Morgan fingerprint density at radius 3 is 2.75 bits per heavy atom. The van der Waals surface area contributed by atoms with Crippen LogP contribution in [0.3, 0.4) is 0 Å². The lowest BCUT2D eigenvalue weighted by atomic mass is 9.87. The lowest BCUT2D eigenvalue weighted by Crippen LogP contribution is -2.42.